The summed E-state index contributed by atoms with van der Waals surface area (Å²) in [5.74, 6) is 0.00548. The number of aliphatic imine (C=N–C) groups is 1. The quantitative estimate of drug-likeness (QED) is 0.340. The molecular formula is C27H29N5O4S. The Labute approximate surface area is 216 Å². The van der Waals surface area contributed by atoms with Crippen molar-refractivity contribution in [3.63, 3.8) is 0 Å². The first-order valence-electron chi connectivity index (χ1n) is 11.8. The number of pyridine rings is 1. The summed E-state index contributed by atoms with van der Waals surface area (Å²) >= 11 is 0. The number of hydrogen-bond donors (Lipinski definition) is 2. The first-order chi connectivity index (χ1) is 17.6. The maximum Gasteiger partial charge on any atom is 0.273 e. The minimum atomic E-state index is -3.40. The first kappa shape index (κ1) is 26.1. The molecule has 1 aromatic heterocycles. The lowest BCUT2D eigenvalue weighted by atomic mass is 10.0. The number of anilines is 1. The zero-order valence-electron chi connectivity index (χ0n) is 20.7. The average molecular weight is 520 g/mol. The smallest absolute Gasteiger partial charge is 0.273 e. The molecule has 0 saturated carbocycles. The highest BCUT2D eigenvalue weighted by molar-refractivity contribution is 7.90. The van der Waals surface area contributed by atoms with Gasteiger partial charge in [-0.05, 0) is 47.9 Å². The number of amidine groups is 1. The molecule has 9 nitrogen and oxygen atoms in total. The molecule has 2 heterocycles. The minimum absolute atomic E-state index is 0.130. The number of fused-ring (bicyclic) bond motifs is 1. The maximum atomic E-state index is 13.4. The van der Waals surface area contributed by atoms with Crippen molar-refractivity contribution >= 4 is 39.0 Å². The van der Waals surface area contributed by atoms with E-state index in [0.717, 1.165) is 22.9 Å². The highest BCUT2D eigenvalue weighted by Gasteiger charge is 2.22. The monoisotopic (exact) mass is 519 g/mol. The van der Waals surface area contributed by atoms with E-state index in [0.29, 0.717) is 35.5 Å². The van der Waals surface area contributed by atoms with E-state index in [-0.39, 0.29) is 29.7 Å². The van der Waals surface area contributed by atoms with Gasteiger partial charge >= 0.3 is 0 Å². The summed E-state index contributed by atoms with van der Waals surface area (Å²) in [6.07, 6.45) is 6.69. The summed E-state index contributed by atoms with van der Waals surface area (Å²) in [5.41, 5.74) is 16.6. The topological polar surface area (TPSA) is 141 Å². The summed E-state index contributed by atoms with van der Waals surface area (Å²) in [4.78, 5) is 28.0. The number of sulfone groups is 1. The number of nitrogens with two attached hydrogens (primary N) is 2. The van der Waals surface area contributed by atoms with Gasteiger partial charge in [-0.25, -0.2) is 18.5 Å². The van der Waals surface area contributed by atoms with Gasteiger partial charge in [0.15, 0.2) is 9.84 Å². The molecular weight excluding hydrogens is 490 g/mol. The van der Waals surface area contributed by atoms with Crippen LogP contribution in [0, 0.1) is 0 Å². The predicted molar refractivity (Wildman–Crippen MR) is 144 cm³/mol. The molecule has 1 aliphatic heterocycles. The van der Waals surface area contributed by atoms with Gasteiger partial charge in [0.2, 0.25) is 0 Å². The van der Waals surface area contributed by atoms with Crippen LogP contribution in [-0.2, 0) is 26.1 Å². The molecule has 37 heavy (non-hydrogen) atoms. The number of carbonyl (C=O) groups is 1. The molecule has 2 aromatic carbocycles. The van der Waals surface area contributed by atoms with Gasteiger partial charge in [0.25, 0.3) is 5.91 Å². The van der Waals surface area contributed by atoms with Gasteiger partial charge in [-0.2, -0.15) is 0 Å². The van der Waals surface area contributed by atoms with Gasteiger partial charge < -0.3 is 11.5 Å². The lowest BCUT2D eigenvalue weighted by Gasteiger charge is -2.22. The molecule has 0 unspecified atom stereocenters. The van der Waals surface area contributed by atoms with Crippen molar-refractivity contribution in [2.24, 2.45) is 10.7 Å². The third-order valence-electron chi connectivity index (χ3n) is 5.77. The fraction of sp³-hybridized carbons (Fsp3) is 0.222. The molecule has 3 aromatic rings. The molecule has 0 fully saturated rings. The number of hydrogen-bond acceptors (Lipinski definition) is 8. The SMILES string of the molecule is CCCN(OCc1ccc(N)cc1)C(=O)C1=Cc2ccc(-c3cncc(S(C)(=O)=O)c3)cc2N=C(N)C1. The number of nitrogen functional groups attached to an aromatic ring is 1. The van der Waals surface area contributed by atoms with Crippen LogP contribution in [0.25, 0.3) is 17.2 Å². The molecule has 0 radical (unpaired) electrons. The standard InChI is InChI=1S/C27H29N5O4S/c1-3-10-32(36-17-18-4-8-23(28)9-5-18)27(33)21-11-20-7-6-19(13-25(20)31-26(29)14-21)22-12-24(16-30-15-22)37(2,34)35/h4-9,11-13,15-16H,3,10,14,17,28H2,1-2H3,(H2,29,31). The van der Waals surface area contributed by atoms with Crippen LogP contribution in [-0.4, -0.2) is 43.0 Å². The van der Waals surface area contributed by atoms with Crippen LogP contribution in [0.5, 0.6) is 0 Å². The second-order valence-corrected chi connectivity index (χ2v) is 10.8. The minimum Gasteiger partial charge on any atom is -0.399 e. The average Bonchev–Trinajstić information content (AvgIpc) is 3.04. The number of aromatic nitrogens is 1. The number of carbonyl (C=O) groups excluding carboxylic acids is 1. The second-order valence-electron chi connectivity index (χ2n) is 8.83. The molecule has 0 bridgehead atoms. The molecule has 0 spiro atoms. The van der Waals surface area contributed by atoms with E-state index in [1.165, 1.54) is 11.3 Å². The number of nitrogens with zero attached hydrogens (tertiary/aromatic N) is 3. The Kier molecular flexibility index (Phi) is 7.70. The number of hydroxylamine groups is 2. The fourth-order valence-electron chi connectivity index (χ4n) is 3.84. The van der Waals surface area contributed by atoms with E-state index in [9.17, 15) is 13.2 Å². The first-order valence-corrected chi connectivity index (χ1v) is 13.7. The maximum absolute atomic E-state index is 13.4. The summed E-state index contributed by atoms with van der Waals surface area (Å²) in [5, 5.41) is 1.36. The Morgan fingerprint density at radius 1 is 1.05 bits per heavy atom. The highest BCUT2D eigenvalue weighted by atomic mass is 32.2. The molecule has 10 heteroatoms. The van der Waals surface area contributed by atoms with E-state index in [1.54, 1.807) is 36.5 Å². The van der Waals surface area contributed by atoms with Crippen LogP contribution in [0.15, 0.2) is 76.4 Å². The van der Waals surface area contributed by atoms with Gasteiger partial charge in [0.05, 0.1) is 10.6 Å². The van der Waals surface area contributed by atoms with E-state index in [2.05, 4.69) is 9.98 Å². The molecule has 4 N–H and O–H groups in total. The number of benzene rings is 2. The zero-order valence-corrected chi connectivity index (χ0v) is 21.5. The van der Waals surface area contributed by atoms with Crippen molar-refractivity contribution in [1.82, 2.24) is 10.0 Å². The summed E-state index contributed by atoms with van der Waals surface area (Å²) in [7, 11) is -3.40. The van der Waals surface area contributed by atoms with Gasteiger partial charge in [0.1, 0.15) is 12.4 Å². The van der Waals surface area contributed by atoms with Crippen molar-refractivity contribution in [3.05, 3.63) is 77.6 Å². The summed E-state index contributed by atoms with van der Waals surface area (Å²) in [6.45, 7) is 2.61. The Bertz CT molecular complexity index is 1480. The predicted octanol–water partition coefficient (Wildman–Crippen LogP) is 3.88. The van der Waals surface area contributed by atoms with Crippen LogP contribution < -0.4 is 11.5 Å². The molecule has 0 saturated heterocycles. The van der Waals surface area contributed by atoms with E-state index >= 15 is 0 Å². The lowest BCUT2D eigenvalue weighted by Crippen LogP contribution is -2.34. The zero-order chi connectivity index (χ0) is 26.6. The lowest BCUT2D eigenvalue weighted by molar-refractivity contribution is -0.187. The Balaban J connectivity index is 1.61. The van der Waals surface area contributed by atoms with Gasteiger partial charge in [-0.3, -0.25) is 14.6 Å². The van der Waals surface area contributed by atoms with Crippen LogP contribution in [0.3, 0.4) is 0 Å². The van der Waals surface area contributed by atoms with E-state index < -0.39 is 9.84 Å². The highest BCUT2D eigenvalue weighted by Crippen LogP contribution is 2.32. The fourth-order valence-corrected chi connectivity index (χ4v) is 4.43. The molecule has 1 amide bonds. The van der Waals surface area contributed by atoms with Gasteiger partial charge in [-0.1, -0.05) is 31.2 Å². The van der Waals surface area contributed by atoms with Crippen molar-refractivity contribution in [1.29, 1.82) is 0 Å². The third kappa shape index (κ3) is 6.41. The van der Waals surface area contributed by atoms with Crippen molar-refractivity contribution < 1.29 is 18.0 Å². The van der Waals surface area contributed by atoms with E-state index in [4.69, 9.17) is 16.3 Å². The van der Waals surface area contributed by atoms with Crippen LogP contribution in [0.1, 0.15) is 30.9 Å². The van der Waals surface area contributed by atoms with Crippen LogP contribution in [0.2, 0.25) is 0 Å². The summed E-state index contributed by atoms with van der Waals surface area (Å²) in [6, 6.07) is 14.3. The summed E-state index contributed by atoms with van der Waals surface area (Å²) < 4.78 is 23.9. The Morgan fingerprint density at radius 2 is 1.81 bits per heavy atom. The number of rotatable bonds is 8. The van der Waals surface area contributed by atoms with Crippen LogP contribution >= 0.6 is 0 Å². The Morgan fingerprint density at radius 3 is 2.51 bits per heavy atom. The Hall–Kier alpha value is -4.02. The van der Waals surface area contributed by atoms with Crippen LogP contribution in [0.4, 0.5) is 11.4 Å². The molecule has 4 rings (SSSR count). The van der Waals surface area contributed by atoms with Crippen molar-refractivity contribution in [2.75, 3.05) is 18.5 Å². The molecule has 0 atom stereocenters. The molecule has 1 aliphatic rings. The molecule has 0 aliphatic carbocycles. The van der Waals surface area contributed by atoms with Crippen molar-refractivity contribution in [3.8, 4) is 11.1 Å². The van der Waals surface area contributed by atoms with Crippen molar-refractivity contribution in [2.45, 2.75) is 31.3 Å². The van der Waals surface area contributed by atoms with Gasteiger partial charge in [0, 0.05) is 54.0 Å². The molecule has 192 valence electrons. The second kappa shape index (κ2) is 10.9. The normalized spacial score (nSPS) is 13.2. The number of amides is 1. The third-order valence-corrected chi connectivity index (χ3v) is 6.84. The largest absolute Gasteiger partial charge is 0.399 e. The van der Waals surface area contributed by atoms with Gasteiger partial charge in [-0.15, -0.1) is 0 Å². The van der Waals surface area contributed by atoms with E-state index in [1.807, 2.05) is 31.2 Å².